The molecule has 0 amide bonds. The van der Waals surface area contributed by atoms with E-state index in [1.54, 1.807) is 6.92 Å². The van der Waals surface area contributed by atoms with E-state index in [9.17, 15) is 5.11 Å². The largest absolute Gasteiger partial charge is 0.392 e. The summed E-state index contributed by atoms with van der Waals surface area (Å²) in [6.45, 7) is 6.79. The minimum atomic E-state index is -0.649. The van der Waals surface area contributed by atoms with Crippen molar-refractivity contribution < 1.29 is 5.11 Å². The fourth-order valence-electron chi connectivity index (χ4n) is 1.27. The van der Waals surface area contributed by atoms with Crippen LogP contribution in [0.4, 0.5) is 0 Å². The molecule has 88 valence electrons. The third-order valence-electron chi connectivity index (χ3n) is 2.56. The summed E-state index contributed by atoms with van der Waals surface area (Å²) in [7, 11) is 0. The zero-order chi connectivity index (χ0) is 11.7. The van der Waals surface area contributed by atoms with Crippen molar-refractivity contribution in [3.8, 4) is 0 Å². The standard InChI is InChI=1S/C10H22N4O/c1-4-8(2)6-5-7-12-10(9(3)15)13-14-11/h8-10,12,15H,4-7H2,1-3H3. The number of nitrogens with zero attached hydrogens (tertiary/aromatic N) is 3. The van der Waals surface area contributed by atoms with E-state index in [-0.39, 0.29) is 0 Å². The van der Waals surface area contributed by atoms with Gasteiger partial charge in [-0.1, -0.05) is 25.4 Å². The molecule has 0 aromatic carbocycles. The summed E-state index contributed by atoms with van der Waals surface area (Å²) in [6, 6.07) is 0. The van der Waals surface area contributed by atoms with Crippen LogP contribution in [0.5, 0.6) is 0 Å². The highest BCUT2D eigenvalue weighted by molar-refractivity contribution is 4.70. The number of hydrogen-bond acceptors (Lipinski definition) is 3. The highest BCUT2D eigenvalue weighted by atomic mass is 16.3. The van der Waals surface area contributed by atoms with Gasteiger partial charge in [-0.25, -0.2) is 0 Å². The van der Waals surface area contributed by atoms with E-state index in [0.29, 0.717) is 0 Å². The van der Waals surface area contributed by atoms with Crippen molar-refractivity contribution in [3.05, 3.63) is 10.4 Å². The molecule has 0 heterocycles. The molecule has 0 aromatic rings. The van der Waals surface area contributed by atoms with Gasteiger partial charge in [0, 0.05) is 4.91 Å². The number of hydrogen-bond donors (Lipinski definition) is 2. The second kappa shape index (κ2) is 8.53. The topological polar surface area (TPSA) is 81.0 Å². The van der Waals surface area contributed by atoms with Crippen LogP contribution >= 0.6 is 0 Å². The number of nitrogens with one attached hydrogen (secondary N) is 1. The van der Waals surface area contributed by atoms with Gasteiger partial charge in [0.25, 0.3) is 0 Å². The van der Waals surface area contributed by atoms with Crippen LogP contribution < -0.4 is 5.32 Å². The Morgan fingerprint density at radius 2 is 2.13 bits per heavy atom. The predicted molar refractivity (Wildman–Crippen MR) is 61.3 cm³/mol. The minimum Gasteiger partial charge on any atom is -0.392 e. The SMILES string of the molecule is CCC(C)CCCNC(N=[N+]=[N-])C(C)O. The van der Waals surface area contributed by atoms with Crippen LogP contribution in [0.3, 0.4) is 0 Å². The Kier molecular flexibility index (Phi) is 8.09. The highest BCUT2D eigenvalue weighted by Gasteiger charge is 2.11. The Labute approximate surface area is 91.5 Å². The van der Waals surface area contributed by atoms with E-state index in [2.05, 4.69) is 29.2 Å². The first-order valence-corrected chi connectivity index (χ1v) is 5.57. The first kappa shape index (κ1) is 14.2. The third-order valence-corrected chi connectivity index (χ3v) is 2.56. The number of aliphatic hydroxyl groups is 1. The molecule has 15 heavy (non-hydrogen) atoms. The van der Waals surface area contributed by atoms with Crippen molar-refractivity contribution >= 4 is 0 Å². The first-order valence-electron chi connectivity index (χ1n) is 5.57. The number of aliphatic hydroxyl groups excluding tert-OH is 1. The average molecular weight is 214 g/mol. The molecule has 0 aliphatic rings. The second-order valence-electron chi connectivity index (χ2n) is 4.00. The Morgan fingerprint density at radius 1 is 1.47 bits per heavy atom. The van der Waals surface area contributed by atoms with E-state index in [4.69, 9.17) is 5.53 Å². The summed E-state index contributed by atoms with van der Waals surface area (Å²) in [5.41, 5.74) is 8.28. The van der Waals surface area contributed by atoms with Gasteiger partial charge in [0.1, 0.15) is 6.17 Å². The van der Waals surface area contributed by atoms with Crippen molar-refractivity contribution in [3.63, 3.8) is 0 Å². The van der Waals surface area contributed by atoms with Crippen LogP contribution in [0.15, 0.2) is 5.11 Å². The Hall–Kier alpha value is -0.770. The van der Waals surface area contributed by atoms with Gasteiger partial charge in [0.2, 0.25) is 0 Å². The molecule has 3 atom stereocenters. The molecular formula is C10H22N4O. The monoisotopic (exact) mass is 214 g/mol. The summed E-state index contributed by atoms with van der Waals surface area (Å²) in [5, 5.41) is 15.8. The van der Waals surface area contributed by atoms with Gasteiger partial charge >= 0.3 is 0 Å². The van der Waals surface area contributed by atoms with Crippen LogP contribution in [-0.4, -0.2) is 23.9 Å². The van der Waals surface area contributed by atoms with Crippen molar-refractivity contribution in [1.29, 1.82) is 0 Å². The van der Waals surface area contributed by atoms with E-state index in [1.807, 2.05) is 0 Å². The zero-order valence-corrected chi connectivity index (χ0v) is 9.85. The molecule has 5 heteroatoms. The molecule has 0 rings (SSSR count). The van der Waals surface area contributed by atoms with Crippen LogP contribution in [0.1, 0.15) is 40.0 Å². The van der Waals surface area contributed by atoms with Gasteiger partial charge in [-0.15, -0.1) is 0 Å². The summed E-state index contributed by atoms with van der Waals surface area (Å²) < 4.78 is 0. The molecule has 3 unspecified atom stereocenters. The predicted octanol–water partition coefficient (Wildman–Crippen LogP) is 2.42. The maximum atomic E-state index is 9.27. The molecule has 0 aromatic heterocycles. The van der Waals surface area contributed by atoms with Crippen molar-refractivity contribution in [2.24, 2.45) is 11.0 Å². The van der Waals surface area contributed by atoms with Crippen molar-refractivity contribution in [2.75, 3.05) is 6.54 Å². The number of rotatable bonds is 8. The maximum Gasteiger partial charge on any atom is 0.112 e. The Bertz CT molecular complexity index is 202. The molecule has 0 saturated heterocycles. The molecule has 0 bridgehead atoms. The fraction of sp³-hybridized carbons (Fsp3) is 1.00. The van der Waals surface area contributed by atoms with Crippen LogP contribution in [0.25, 0.3) is 10.4 Å². The molecule has 0 aliphatic heterocycles. The normalized spacial score (nSPS) is 16.5. The summed E-state index contributed by atoms with van der Waals surface area (Å²) in [6.07, 6.45) is 2.23. The first-order chi connectivity index (χ1) is 7.11. The van der Waals surface area contributed by atoms with Crippen molar-refractivity contribution in [1.82, 2.24) is 5.32 Å². The van der Waals surface area contributed by atoms with Crippen LogP contribution in [0, 0.1) is 5.92 Å². The molecular weight excluding hydrogens is 192 g/mol. The lowest BCUT2D eigenvalue weighted by atomic mass is 10.0. The maximum absolute atomic E-state index is 9.27. The highest BCUT2D eigenvalue weighted by Crippen LogP contribution is 2.08. The third kappa shape index (κ3) is 7.19. The van der Waals surface area contributed by atoms with E-state index in [0.717, 1.165) is 25.3 Å². The van der Waals surface area contributed by atoms with Gasteiger partial charge in [0.05, 0.1) is 6.10 Å². The average Bonchev–Trinajstić information content (AvgIpc) is 2.21. The van der Waals surface area contributed by atoms with Gasteiger partial charge in [-0.3, -0.25) is 0 Å². The van der Waals surface area contributed by atoms with Gasteiger partial charge in [0.15, 0.2) is 0 Å². The lowest BCUT2D eigenvalue weighted by Crippen LogP contribution is -2.36. The zero-order valence-electron chi connectivity index (χ0n) is 9.85. The molecule has 0 aliphatic carbocycles. The molecule has 2 N–H and O–H groups in total. The smallest absolute Gasteiger partial charge is 0.112 e. The molecule has 0 spiro atoms. The summed E-state index contributed by atoms with van der Waals surface area (Å²) in [4.78, 5) is 2.69. The molecule has 0 saturated carbocycles. The van der Waals surface area contributed by atoms with Crippen molar-refractivity contribution in [2.45, 2.75) is 52.3 Å². The lowest BCUT2D eigenvalue weighted by Gasteiger charge is -2.16. The fourth-order valence-corrected chi connectivity index (χ4v) is 1.27. The van der Waals surface area contributed by atoms with Gasteiger partial charge < -0.3 is 10.4 Å². The molecule has 5 nitrogen and oxygen atoms in total. The lowest BCUT2D eigenvalue weighted by molar-refractivity contribution is 0.147. The van der Waals surface area contributed by atoms with Gasteiger partial charge in [-0.05, 0) is 37.8 Å². The Morgan fingerprint density at radius 3 is 2.60 bits per heavy atom. The van der Waals surface area contributed by atoms with E-state index < -0.39 is 12.3 Å². The minimum absolute atomic E-state index is 0.507. The number of azide groups is 1. The van der Waals surface area contributed by atoms with Gasteiger partial charge in [-0.2, -0.15) is 0 Å². The van der Waals surface area contributed by atoms with E-state index >= 15 is 0 Å². The quantitative estimate of drug-likeness (QED) is 0.281. The van der Waals surface area contributed by atoms with E-state index in [1.165, 1.54) is 6.42 Å². The summed E-state index contributed by atoms with van der Waals surface area (Å²) >= 11 is 0. The molecule has 0 fully saturated rings. The Balaban J connectivity index is 3.67. The van der Waals surface area contributed by atoms with Crippen LogP contribution in [0.2, 0.25) is 0 Å². The second-order valence-corrected chi connectivity index (χ2v) is 4.00. The molecule has 0 radical (unpaired) electrons. The summed E-state index contributed by atoms with van der Waals surface area (Å²) in [5.74, 6) is 0.733. The van der Waals surface area contributed by atoms with Crippen LogP contribution in [-0.2, 0) is 0 Å².